The maximum absolute atomic E-state index is 13.5. The monoisotopic (exact) mass is 361 g/mol. The van der Waals surface area contributed by atoms with E-state index in [2.05, 4.69) is 0 Å². The zero-order chi connectivity index (χ0) is 18.6. The first-order valence-corrected chi connectivity index (χ1v) is 9.38. The molecule has 0 unspecified atom stereocenters. The fourth-order valence-electron chi connectivity index (χ4n) is 3.61. The number of fused-ring (bicyclic) bond motifs is 1. The highest BCUT2D eigenvalue weighted by Crippen LogP contribution is 2.31. The molecule has 4 heteroatoms. The van der Waals surface area contributed by atoms with Crippen LogP contribution in [0.4, 0.5) is 0 Å². The lowest BCUT2D eigenvalue weighted by Gasteiger charge is -2.33. The lowest BCUT2D eigenvalue weighted by molar-refractivity contribution is -0.0228. The van der Waals surface area contributed by atoms with Crippen molar-refractivity contribution in [3.05, 3.63) is 77.9 Å². The van der Waals surface area contributed by atoms with Crippen molar-refractivity contribution in [1.29, 1.82) is 0 Å². The average Bonchev–Trinajstić information content (AvgIpc) is 2.74. The van der Waals surface area contributed by atoms with Crippen LogP contribution in [-0.4, -0.2) is 37.1 Å². The fourth-order valence-corrected chi connectivity index (χ4v) is 3.61. The van der Waals surface area contributed by atoms with Crippen LogP contribution in [0.25, 0.3) is 10.8 Å². The van der Waals surface area contributed by atoms with Crippen molar-refractivity contribution in [1.82, 2.24) is 4.90 Å². The molecule has 0 aromatic heterocycles. The Kier molecular flexibility index (Phi) is 5.07. The summed E-state index contributed by atoms with van der Waals surface area (Å²) in [5.41, 5.74) is 1.74. The van der Waals surface area contributed by atoms with Crippen LogP contribution >= 0.6 is 0 Å². The van der Waals surface area contributed by atoms with E-state index in [1.165, 1.54) is 0 Å². The van der Waals surface area contributed by atoms with E-state index < -0.39 is 0 Å². The molecular weight excluding hydrogens is 338 g/mol. The maximum atomic E-state index is 13.5. The van der Waals surface area contributed by atoms with Crippen LogP contribution in [0.15, 0.2) is 66.7 Å². The standard InChI is InChI=1S/C23H23NO3/c1-2-26-20-13-12-17-8-6-7-11-19(17)22(20)23(25)24-14-15-27-21(16-24)18-9-4-3-5-10-18/h3-13,21H,2,14-16H2,1H3/t21-/m0/s1. The second-order valence-electron chi connectivity index (χ2n) is 6.61. The number of benzene rings is 3. The van der Waals surface area contributed by atoms with E-state index in [0.717, 1.165) is 16.3 Å². The van der Waals surface area contributed by atoms with Crippen molar-refractivity contribution in [2.45, 2.75) is 13.0 Å². The third-order valence-electron chi connectivity index (χ3n) is 4.93. The summed E-state index contributed by atoms with van der Waals surface area (Å²) in [6.07, 6.45) is -0.102. The summed E-state index contributed by atoms with van der Waals surface area (Å²) < 4.78 is 11.7. The minimum atomic E-state index is -0.102. The molecule has 1 saturated heterocycles. The Balaban J connectivity index is 1.68. The van der Waals surface area contributed by atoms with Gasteiger partial charge in [-0.25, -0.2) is 0 Å². The number of amides is 1. The van der Waals surface area contributed by atoms with Gasteiger partial charge in [0.2, 0.25) is 0 Å². The topological polar surface area (TPSA) is 38.8 Å². The average molecular weight is 361 g/mol. The number of nitrogens with zero attached hydrogens (tertiary/aromatic N) is 1. The predicted octanol–water partition coefficient (Wildman–Crippen LogP) is 4.45. The Morgan fingerprint density at radius 2 is 1.85 bits per heavy atom. The van der Waals surface area contributed by atoms with Gasteiger partial charge >= 0.3 is 0 Å². The number of ether oxygens (including phenoxy) is 2. The first-order valence-electron chi connectivity index (χ1n) is 9.38. The third-order valence-corrected chi connectivity index (χ3v) is 4.93. The SMILES string of the molecule is CCOc1ccc2ccccc2c1C(=O)N1CCO[C@H](c2ccccc2)C1. The number of hydrogen-bond donors (Lipinski definition) is 0. The molecule has 0 bridgehead atoms. The van der Waals surface area contributed by atoms with Gasteiger partial charge in [0.25, 0.3) is 5.91 Å². The molecule has 0 N–H and O–H groups in total. The molecule has 4 rings (SSSR count). The van der Waals surface area contributed by atoms with E-state index in [9.17, 15) is 4.79 Å². The highest BCUT2D eigenvalue weighted by Gasteiger charge is 2.28. The molecule has 1 aliphatic rings. The van der Waals surface area contributed by atoms with Gasteiger partial charge in [-0.15, -0.1) is 0 Å². The normalized spacial score (nSPS) is 17.1. The van der Waals surface area contributed by atoms with Crippen molar-refractivity contribution in [3.63, 3.8) is 0 Å². The third kappa shape index (κ3) is 3.53. The van der Waals surface area contributed by atoms with E-state index in [4.69, 9.17) is 9.47 Å². The Morgan fingerprint density at radius 3 is 2.67 bits per heavy atom. The van der Waals surface area contributed by atoms with Crippen LogP contribution in [-0.2, 0) is 4.74 Å². The Hall–Kier alpha value is -2.85. The molecule has 1 atom stereocenters. The van der Waals surface area contributed by atoms with Gasteiger partial charge in [-0.05, 0) is 29.3 Å². The molecule has 3 aromatic carbocycles. The van der Waals surface area contributed by atoms with E-state index in [0.29, 0.717) is 37.6 Å². The summed E-state index contributed by atoms with van der Waals surface area (Å²) in [5.74, 6) is 0.642. The van der Waals surface area contributed by atoms with Gasteiger partial charge < -0.3 is 14.4 Å². The molecule has 4 nitrogen and oxygen atoms in total. The van der Waals surface area contributed by atoms with E-state index >= 15 is 0 Å². The summed E-state index contributed by atoms with van der Waals surface area (Å²) >= 11 is 0. The van der Waals surface area contributed by atoms with E-state index in [1.807, 2.05) is 78.6 Å². The number of rotatable bonds is 4. The van der Waals surface area contributed by atoms with Gasteiger partial charge in [0.15, 0.2) is 0 Å². The number of carbonyl (C=O) groups is 1. The largest absolute Gasteiger partial charge is 0.493 e. The van der Waals surface area contributed by atoms with Crippen molar-refractivity contribution in [3.8, 4) is 5.75 Å². The first-order chi connectivity index (χ1) is 13.3. The minimum absolute atomic E-state index is 0.000480. The molecule has 1 amide bonds. The Bertz CT molecular complexity index is 939. The quantitative estimate of drug-likeness (QED) is 0.689. The molecule has 138 valence electrons. The van der Waals surface area contributed by atoms with Crippen molar-refractivity contribution in [2.24, 2.45) is 0 Å². The van der Waals surface area contributed by atoms with Crippen molar-refractivity contribution < 1.29 is 14.3 Å². The van der Waals surface area contributed by atoms with Crippen molar-refractivity contribution >= 4 is 16.7 Å². The molecule has 0 spiro atoms. The Labute approximate surface area is 159 Å². The van der Waals surface area contributed by atoms with Gasteiger partial charge in [-0.2, -0.15) is 0 Å². The first kappa shape index (κ1) is 17.6. The second-order valence-corrected chi connectivity index (χ2v) is 6.61. The molecule has 0 saturated carbocycles. The molecule has 1 heterocycles. The Morgan fingerprint density at radius 1 is 1.07 bits per heavy atom. The molecule has 27 heavy (non-hydrogen) atoms. The zero-order valence-electron chi connectivity index (χ0n) is 15.4. The maximum Gasteiger partial charge on any atom is 0.258 e. The van der Waals surface area contributed by atoms with Crippen LogP contribution in [0.2, 0.25) is 0 Å². The number of morpholine rings is 1. The van der Waals surface area contributed by atoms with Crippen LogP contribution in [0.5, 0.6) is 5.75 Å². The molecular formula is C23H23NO3. The molecule has 0 radical (unpaired) electrons. The van der Waals surface area contributed by atoms with Gasteiger partial charge in [0.05, 0.1) is 25.3 Å². The van der Waals surface area contributed by atoms with Crippen LogP contribution in [0.3, 0.4) is 0 Å². The van der Waals surface area contributed by atoms with Gasteiger partial charge in [0, 0.05) is 6.54 Å². The number of carbonyl (C=O) groups excluding carboxylic acids is 1. The van der Waals surface area contributed by atoms with E-state index in [1.54, 1.807) is 0 Å². The summed E-state index contributed by atoms with van der Waals surface area (Å²) in [6.45, 7) is 4.10. The fraction of sp³-hybridized carbons (Fsp3) is 0.261. The predicted molar refractivity (Wildman–Crippen MR) is 106 cm³/mol. The van der Waals surface area contributed by atoms with Gasteiger partial charge in [0.1, 0.15) is 11.9 Å². The van der Waals surface area contributed by atoms with Crippen molar-refractivity contribution in [2.75, 3.05) is 26.3 Å². The molecule has 0 aliphatic carbocycles. The minimum Gasteiger partial charge on any atom is -0.493 e. The summed E-state index contributed by atoms with van der Waals surface area (Å²) in [4.78, 5) is 15.4. The molecule has 3 aromatic rings. The zero-order valence-corrected chi connectivity index (χ0v) is 15.4. The van der Waals surface area contributed by atoms with Gasteiger partial charge in [-0.3, -0.25) is 4.79 Å². The summed E-state index contributed by atoms with van der Waals surface area (Å²) in [5, 5.41) is 1.97. The highest BCUT2D eigenvalue weighted by atomic mass is 16.5. The molecule has 1 fully saturated rings. The van der Waals surface area contributed by atoms with Crippen LogP contribution in [0, 0.1) is 0 Å². The second kappa shape index (κ2) is 7.80. The van der Waals surface area contributed by atoms with E-state index in [-0.39, 0.29) is 12.0 Å². The van der Waals surface area contributed by atoms with Crippen LogP contribution < -0.4 is 4.74 Å². The highest BCUT2D eigenvalue weighted by molar-refractivity contribution is 6.09. The molecule has 1 aliphatic heterocycles. The smallest absolute Gasteiger partial charge is 0.258 e. The summed E-state index contributed by atoms with van der Waals surface area (Å²) in [6, 6.07) is 21.9. The summed E-state index contributed by atoms with van der Waals surface area (Å²) in [7, 11) is 0. The van der Waals surface area contributed by atoms with Gasteiger partial charge in [-0.1, -0.05) is 60.7 Å². The van der Waals surface area contributed by atoms with Crippen LogP contribution in [0.1, 0.15) is 28.9 Å². The lowest BCUT2D eigenvalue weighted by Crippen LogP contribution is -2.42. The lowest BCUT2D eigenvalue weighted by atomic mass is 10.0. The number of hydrogen-bond acceptors (Lipinski definition) is 3.